The number of rotatable bonds is 6. The quantitative estimate of drug-likeness (QED) is 0.696. The first-order valence-corrected chi connectivity index (χ1v) is 10.7. The van der Waals surface area contributed by atoms with Crippen LogP contribution in [0.4, 0.5) is 9.52 Å². The molecule has 1 aliphatic heterocycles. The fourth-order valence-corrected chi connectivity index (χ4v) is 5.00. The topological polar surface area (TPSA) is 45.7 Å². The normalized spacial score (nSPS) is 18.3. The lowest BCUT2D eigenvalue weighted by molar-refractivity contribution is -0.122. The zero-order valence-electron chi connectivity index (χ0n) is 15.9. The molecule has 154 valence electrons. The van der Waals surface area contributed by atoms with Crippen LogP contribution in [0.5, 0.6) is 0 Å². The van der Waals surface area contributed by atoms with E-state index in [2.05, 4.69) is 9.88 Å². The number of hydrogen-bond donors (Lipinski definition) is 0. The molecular formula is C20H27ClFN3O2S. The van der Waals surface area contributed by atoms with Gasteiger partial charge in [0.2, 0.25) is 5.91 Å². The Labute approximate surface area is 175 Å². The first-order chi connectivity index (χ1) is 13.2. The van der Waals surface area contributed by atoms with Crippen molar-refractivity contribution in [2.45, 2.75) is 32.1 Å². The summed E-state index contributed by atoms with van der Waals surface area (Å²) in [5.41, 5.74) is 0.370. The number of morpholine rings is 1. The largest absolute Gasteiger partial charge is 0.379 e. The summed E-state index contributed by atoms with van der Waals surface area (Å²) in [5, 5.41) is 0.633. The molecule has 2 fully saturated rings. The van der Waals surface area contributed by atoms with E-state index in [9.17, 15) is 9.18 Å². The van der Waals surface area contributed by atoms with E-state index >= 15 is 0 Å². The predicted molar refractivity (Wildman–Crippen MR) is 113 cm³/mol. The van der Waals surface area contributed by atoms with Crippen LogP contribution in [0.1, 0.15) is 32.1 Å². The number of thiazole rings is 1. The van der Waals surface area contributed by atoms with E-state index < -0.39 is 0 Å². The molecular weight excluding hydrogens is 401 g/mol. The first-order valence-electron chi connectivity index (χ1n) is 9.89. The van der Waals surface area contributed by atoms with Crippen molar-refractivity contribution in [1.29, 1.82) is 0 Å². The second-order valence-electron chi connectivity index (χ2n) is 7.36. The maximum atomic E-state index is 14.1. The van der Waals surface area contributed by atoms with Gasteiger partial charge in [0, 0.05) is 32.1 Å². The van der Waals surface area contributed by atoms with Gasteiger partial charge in [0.05, 0.1) is 17.9 Å². The number of carbonyl (C=O) groups excluding carboxylic acids is 1. The number of anilines is 1. The maximum absolute atomic E-state index is 14.1. The number of benzene rings is 1. The molecule has 1 amide bonds. The Balaban J connectivity index is 0.00000225. The summed E-state index contributed by atoms with van der Waals surface area (Å²) >= 11 is 1.41. The molecule has 2 heterocycles. The van der Waals surface area contributed by atoms with Crippen LogP contribution in [-0.2, 0) is 9.53 Å². The monoisotopic (exact) mass is 427 g/mol. The number of hydrogen-bond acceptors (Lipinski definition) is 5. The van der Waals surface area contributed by atoms with Crippen molar-refractivity contribution < 1.29 is 13.9 Å². The fourth-order valence-electron chi connectivity index (χ4n) is 3.99. The van der Waals surface area contributed by atoms with Crippen molar-refractivity contribution in [2.75, 3.05) is 44.3 Å². The molecule has 0 N–H and O–H groups in total. The van der Waals surface area contributed by atoms with Gasteiger partial charge in [-0.2, -0.15) is 0 Å². The average molecular weight is 428 g/mol. The van der Waals surface area contributed by atoms with E-state index in [4.69, 9.17) is 4.74 Å². The van der Waals surface area contributed by atoms with Gasteiger partial charge in [0.1, 0.15) is 11.3 Å². The second kappa shape index (κ2) is 9.96. The van der Waals surface area contributed by atoms with E-state index in [1.807, 2.05) is 11.0 Å². The molecule has 8 heteroatoms. The summed E-state index contributed by atoms with van der Waals surface area (Å²) in [6, 6.07) is 4.99. The standard InChI is InChI=1S/C20H26FN3O2S.ClH/c21-16-7-3-8-17-18(16)22-20(27-17)24(19(25)15-5-1-2-6-15)10-4-9-23-11-13-26-14-12-23;/h3,7-8,15H,1-2,4-6,9-14H2;1H. The van der Waals surface area contributed by atoms with Gasteiger partial charge >= 0.3 is 0 Å². The predicted octanol–water partition coefficient (Wildman–Crippen LogP) is 4.10. The molecule has 1 saturated carbocycles. The van der Waals surface area contributed by atoms with Crippen molar-refractivity contribution >= 4 is 45.0 Å². The third kappa shape index (κ3) is 4.82. The van der Waals surface area contributed by atoms with Crippen LogP contribution in [0.25, 0.3) is 10.2 Å². The molecule has 1 aromatic heterocycles. The third-order valence-electron chi connectivity index (χ3n) is 5.52. The highest BCUT2D eigenvalue weighted by atomic mass is 35.5. The second-order valence-corrected chi connectivity index (χ2v) is 8.37. The number of fused-ring (bicyclic) bond motifs is 1. The Morgan fingerprint density at radius 3 is 2.75 bits per heavy atom. The van der Waals surface area contributed by atoms with Gasteiger partial charge in [-0.3, -0.25) is 14.6 Å². The van der Waals surface area contributed by atoms with E-state index in [0.717, 1.165) is 69.7 Å². The summed E-state index contributed by atoms with van der Waals surface area (Å²) in [4.78, 5) is 21.8. The Hall–Kier alpha value is -1.28. The van der Waals surface area contributed by atoms with Gasteiger partial charge in [-0.25, -0.2) is 9.37 Å². The summed E-state index contributed by atoms with van der Waals surface area (Å²) in [6.07, 6.45) is 5.03. The van der Waals surface area contributed by atoms with Gasteiger partial charge < -0.3 is 4.74 Å². The molecule has 2 aromatic rings. The number of ether oxygens (including phenoxy) is 1. The van der Waals surface area contributed by atoms with Crippen LogP contribution in [0.2, 0.25) is 0 Å². The van der Waals surface area contributed by atoms with Crippen LogP contribution < -0.4 is 4.90 Å². The van der Waals surface area contributed by atoms with E-state index in [1.165, 1.54) is 17.4 Å². The van der Waals surface area contributed by atoms with Crippen molar-refractivity contribution in [1.82, 2.24) is 9.88 Å². The molecule has 0 radical (unpaired) electrons. The van der Waals surface area contributed by atoms with Crippen molar-refractivity contribution in [3.8, 4) is 0 Å². The summed E-state index contributed by atoms with van der Waals surface area (Å²) in [5.74, 6) is -0.0734. The van der Waals surface area contributed by atoms with Crippen LogP contribution in [0.15, 0.2) is 18.2 Å². The maximum Gasteiger partial charge on any atom is 0.231 e. The molecule has 5 nitrogen and oxygen atoms in total. The van der Waals surface area contributed by atoms with Gasteiger partial charge in [-0.1, -0.05) is 30.2 Å². The zero-order chi connectivity index (χ0) is 18.6. The highest BCUT2D eigenvalue weighted by molar-refractivity contribution is 7.22. The lowest BCUT2D eigenvalue weighted by Crippen LogP contribution is -2.40. The van der Waals surface area contributed by atoms with Gasteiger partial charge in [0.25, 0.3) is 0 Å². The smallest absolute Gasteiger partial charge is 0.231 e. The Kier molecular flexibility index (Phi) is 7.62. The number of nitrogens with zero attached hydrogens (tertiary/aromatic N) is 3. The Morgan fingerprint density at radius 1 is 1.29 bits per heavy atom. The number of aromatic nitrogens is 1. The van der Waals surface area contributed by atoms with Crippen molar-refractivity contribution in [3.05, 3.63) is 24.0 Å². The molecule has 1 aromatic carbocycles. The molecule has 28 heavy (non-hydrogen) atoms. The highest BCUT2D eigenvalue weighted by Crippen LogP contribution is 2.33. The Bertz CT molecular complexity index is 791. The SMILES string of the molecule is Cl.O=C(C1CCCC1)N(CCCN1CCOCC1)c1nc2c(F)cccc2s1. The molecule has 1 aliphatic carbocycles. The molecule has 0 bridgehead atoms. The lowest BCUT2D eigenvalue weighted by atomic mass is 10.1. The van der Waals surface area contributed by atoms with E-state index in [1.54, 1.807) is 6.07 Å². The van der Waals surface area contributed by atoms with Gasteiger partial charge in [-0.15, -0.1) is 12.4 Å². The minimum absolute atomic E-state index is 0. The number of amides is 1. The lowest BCUT2D eigenvalue weighted by Gasteiger charge is -2.28. The number of halogens is 2. The minimum atomic E-state index is -0.323. The Morgan fingerprint density at radius 2 is 2.04 bits per heavy atom. The van der Waals surface area contributed by atoms with Crippen LogP contribution in [0.3, 0.4) is 0 Å². The molecule has 0 spiro atoms. The van der Waals surface area contributed by atoms with Gasteiger partial charge in [0.15, 0.2) is 5.13 Å². The van der Waals surface area contributed by atoms with E-state index in [0.29, 0.717) is 17.2 Å². The zero-order valence-corrected chi connectivity index (χ0v) is 17.6. The number of para-hydroxylation sites is 1. The highest BCUT2D eigenvalue weighted by Gasteiger charge is 2.30. The fraction of sp³-hybridized carbons (Fsp3) is 0.600. The molecule has 0 atom stereocenters. The van der Waals surface area contributed by atoms with Gasteiger partial charge in [-0.05, 0) is 31.4 Å². The van der Waals surface area contributed by atoms with Crippen molar-refractivity contribution in [2.24, 2.45) is 5.92 Å². The summed E-state index contributed by atoms with van der Waals surface area (Å²) < 4.78 is 20.3. The third-order valence-corrected chi connectivity index (χ3v) is 6.56. The number of carbonyl (C=O) groups is 1. The molecule has 4 rings (SSSR count). The first kappa shape index (κ1) is 21.4. The molecule has 2 aliphatic rings. The summed E-state index contributed by atoms with van der Waals surface area (Å²) in [6.45, 7) is 5.03. The van der Waals surface area contributed by atoms with Crippen molar-refractivity contribution in [3.63, 3.8) is 0 Å². The molecule has 0 unspecified atom stereocenters. The average Bonchev–Trinajstić information content (AvgIpc) is 3.36. The van der Waals surface area contributed by atoms with E-state index in [-0.39, 0.29) is 30.0 Å². The summed E-state index contributed by atoms with van der Waals surface area (Å²) in [7, 11) is 0. The van der Waals surface area contributed by atoms with Crippen LogP contribution in [0, 0.1) is 11.7 Å². The molecule has 1 saturated heterocycles. The minimum Gasteiger partial charge on any atom is -0.379 e. The van der Waals surface area contributed by atoms with Crippen LogP contribution >= 0.6 is 23.7 Å². The van der Waals surface area contributed by atoms with Crippen LogP contribution in [-0.4, -0.2) is 55.2 Å².